The van der Waals surface area contributed by atoms with Gasteiger partial charge in [-0.1, -0.05) is 0 Å². The lowest BCUT2D eigenvalue weighted by atomic mass is 9.92. The summed E-state index contributed by atoms with van der Waals surface area (Å²) in [5, 5.41) is 3.11. The van der Waals surface area contributed by atoms with Crippen molar-refractivity contribution in [1.29, 1.82) is 0 Å². The van der Waals surface area contributed by atoms with Gasteiger partial charge in [0.2, 0.25) is 5.91 Å². The first-order valence-corrected chi connectivity index (χ1v) is 9.72. The number of nitrogens with zero attached hydrogens (tertiary/aromatic N) is 1. The minimum atomic E-state index is -0.260. The Morgan fingerprint density at radius 3 is 2.74 bits per heavy atom. The van der Waals surface area contributed by atoms with Crippen LogP contribution >= 0.6 is 0 Å². The van der Waals surface area contributed by atoms with Crippen LogP contribution in [0.2, 0.25) is 0 Å². The van der Waals surface area contributed by atoms with E-state index in [1.165, 1.54) is 7.11 Å². The summed E-state index contributed by atoms with van der Waals surface area (Å²) in [6.07, 6.45) is 4.20. The molecule has 2 aliphatic carbocycles. The standard InChI is InChI=1S/C20H26N2O5/c1-11-18(19-15(23)4-3-5-16(19)27-11)20(25)21-14-9-22(17(24)10-26-2)8-13(14)12-6-7-12/h12-14H,3-10H2,1-2H3,(H,21,25)/t13-,14+/m1/s1. The van der Waals surface area contributed by atoms with Crippen LogP contribution in [-0.2, 0) is 16.0 Å². The molecule has 0 spiro atoms. The van der Waals surface area contributed by atoms with Crippen molar-refractivity contribution in [2.45, 2.75) is 45.1 Å². The molecule has 7 nitrogen and oxygen atoms in total. The number of Topliss-reactive ketones (excluding diaryl/α,β-unsaturated/α-hetero) is 1. The Kier molecular flexibility index (Phi) is 4.80. The van der Waals surface area contributed by atoms with Crippen molar-refractivity contribution < 1.29 is 23.5 Å². The Labute approximate surface area is 158 Å². The highest BCUT2D eigenvalue weighted by Crippen LogP contribution is 2.41. The molecule has 1 N–H and O–H groups in total. The number of furan rings is 1. The molecule has 1 aliphatic heterocycles. The molecule has 2 fully saturated rings. The van der Waals surface area contributed by atoms with Crippen molar-refractivity contribution in [2.24, 2.45) is 11.8 Å². The van der Waals surface area contributed by atoms with Crippen molar-refractivity contribution in [3.8, 4) is 0 Å². The van der Waals surface area contributed by atoms with Crippen molar-refractivity contribution in [3.05, 3.63) is 22.6 Å². The summed E-state index contributed by atoms with van der Waals surface area (Å²) >= 11 is 0. The summed E-state index contributed by atoms with van der Waals surface area (Å²) in [5.74, 6) is 1.62. The van der Waals surface area contributed by atoms with Gasteiger partial charge in [-0.3, -0.25) is 14.4 Å². The van der Waals surface area contributed by atoms with Crippen LogP contribution in [0.25, 0.3) is 0 Å². The summed E-state index contributed by atoms with van der Waals surface area (Å²) in [6.45, 7) is 2.93. The fourth-order valence-corrected chi connectivity index (χ4v) is 4.52. The van der Waals surface area contributed by atoms with E-state index in [9.17, 15) is 14.4 Å². The number of aryl methyl sites for hydroxylation is 2. The maximum absolute atomic E-state index is 13.0. The van der Waals surface area contributed by atoms with Crippen LogP contribution < -0.4 is 5.32 Å². The molecular weight excluding hydrogens is 348 g/mol. The van der Waals surface area contributed by atoms with Gasteiger partial charge in [0.25, 0.3) is 5.91 Å². The number of likely N-dealkylation sites (tertiary alicyclic amines) is 1. The molecule has 0 aromatic carbocycles. The topological polar surface area (TPSA) is 88.8 Å². The summed E-state index contributed by atoms with van der Waals surface area (Å²) in [5.41, 5.74) is 0.843. The second-order valence-corrected chi connectivity index (χ2v) is 7.92. The number of amides is 2. The Balaban J connectivity index is 1.53. The molecule has 4 rings (SSSR count). The highest BCUT2D eigenvalue weighted by atomic mass is 16.5. The van der Waals surface area contributed by atoms with E-state index in [0.717, 1.165) is 19.3 Å². The maximum Gasteiger partial charge on any atom is 0.255 e. The third-order valence-electron chi connectivity index (χ3n) is 6.00. The summed E-state index contributed by atoms with van der Waals surface area (Å²) in [4.78, 5) is 39.4. The average Bonchev–Trinajstić information content (AvgIpc) is 3.28. The fraction of sp³-hybridized carbons (Fsp3) is 0.650. The molecule has 1 saturated carbocycles. The highest BCUT2D eigenvalue weighted by Gasteiger charge is 2.45. The smallest absolute Gasteiger partial charge is 0.255 e. The number of carbonyl (C=O) groups is 3. The summed E-state index contributed by atoms with van der Waals surface area (Å²) in [7, 11) is 1.51. The van der Waals surface area contributed by atoms with Gasteiger partial charge in [0, 0.05) is 39.0 Å². The number of hydrogen-bond donors (Lipinski definition) is 1. The van der Waals surface area contributed by atoms with Gasteiger partial charge in [0.1, 0.15) is 18.1 Å². The number of ketones is 1. The number of ether oxygens (including phenoxy) is 1. The average molecular weight is 374 g/mol. The molecule has 7 heteroatoms. The van der Waals surface area contributed by atoms with Gasteiger partial charge in [-0.2, -0.15) is 0 Å². The monoisotopic (exact) mass is 374 g/mol. The van der Waals surface area contributed by atoms with E-state index < -0.39 is 0 Å². The molecule has 0 unspecified atom stereocenters. The normalized spacial score (nSPS) is 24.8. The zero-order valence-corrected chi connectivity index (χ0v) is 15.9. The van der Waals surface area contributed by atoms with E-state index in [1.807, 2.05) is 0 Å². The molecule has 0 radical (unpaired) electrons. The Hall–Kier alpha value is -2.15. The quantitative estimate of drug-likeness (QED) is 0.848. The molecular formula is C20H26N2O5. The van der Waals surface area contributed by atoms with Gasteiger partial charge in [-0.15, -0.1) is 0 Å². The third kappa shape index (κ3) is 3.40. The van der Waals surface area contributed by atoms with Crippen LogP contribution in [0.3, 0.4) is 0 Å². The molecule has 27 heavy (non-hydrogen) atoms. The van der Waals surface area contributed by atoms with Crippen LogP contribution in [0, 0.1) is 18.8 Å². The zero-order valence-electron chi connectivity index (χ0n) is 15.9. The molecule has 1 saturated heterocycles. The molecule has 3 aliphatic rings. The Bertz CT molecular complexity index is 780. The second-order valence-electron chi connectivity index (χ2n) is 7.92. The molecule has 1 aromatic rings. The first-order chi connectivity index (χ1) is 13.0. The lowest BCUT2D eigenvalue weighted by molar-refractivity contribution is -0.134. The minimum absolute atomic E-state index is 0.0136. The Morgan fingerprint density at radius 2 is 2.04 bits per heavy atom. The van der Waals surface area contributed by atoms with E-state index in [-0.39, 0.29) is 36.2 Å². The Morgan fingerprint density at radius 1 is 1.26 bits per heavy atom. The predicted octanol–water partition coefficient (Wildman–Crippen LogP) is 1.72. The zero-order chi connectivity index (χ0) is 19.1. The highest BCUT2D eigenvalue weighted by molar-refractivity contribution is 6.10. The van der Waals surface area contributed by atoms with Crippen LogP contribution in [0.4, 0.5) is 0 Å². The first kappa shape index (κ1) is 18.2. The molecule has 2 atom stereocenters. The van der Waals surface area contributed by atoms with E-state index in [1.54, 1.807) is 11.8 Å². The van der Waals surface area contributed by atoms with Crippen molar-refractivity contribution in [2.75, 3.05) is 26.8 Å². The summed E-state index contributed by atoms with van der Waals surface area (Å²) in [6, 6.07) is -0.102. The van der Waals surface area contributed by atoms with Gasteiger partial charge in [-0.25, -0.2) is 0 Å². The van der Waals surface area contributed by atoms with Crippen LogP contribution in [-0.4, -0.2) is 55.3 Å². The minimum Gasteiger partial charge on any atom is -0.465 e. The van der Waals surface area contributed by atoms with Crippen molar-refractivity contribution in [3.63, 3.8) is 0 Å². The van der Waals surface area contributed by atoms with Gasteiger partial charge >= 0.3 is 0 Å². The van der Waals surface area contributed by atoms with E-state index >= 15 is 0 Å². The van der Waals surface area contributed by atoms with E-state index in [0.29, 0.717) is 54.5 Å². The third-order valence-corrected chi connectivity index (χ3v) is 6.00. The van der Waals surface area contributed by atoms with Gasteiger partial charge in [0.15, 0.2) is 5.78 Å². The molecule has 0 bridgehead atoms. The van der Waals surface area contributed by atoms with Gasteiger partial charge in [-0.05, 0) is 32.1 Å². The van der Waals surface area contributed by atoms with Crippen LogP contribution in [0.5, 0.6) is 0 Å². The lowest BCUT2D eigenvalue weighted by Crippen LogP contribution is -2.42. The number of rotatable bonds is 5. The van der Waals surface area contributed by atoms with Crippen LogP contribution in [0.15, 0.2) is 4.42 Å². The van der Waals surface area contributed by atoms with Crippen molar-refractivity contribution >= 4 is 17.6 Å². The number of nitrogens with one attached hydrogen (secondary N) is 1. The summed E-state index contributed by atoms with van der Waals surface area (Å²) < 4.78 is 10.7. The largest absolute Gasteiger partial charge is 0.465 e. The maximum atomic E-state index is 13.0. The first-order valence-electron chi connectivity index (χ1n) is 9.72. The number of carbonyl (C=O) groups excluding carboxylic acids is 3. The predicted molar refractivity (Wildman–Crippen MR) is 96.6 cm³/mol. The fourth-order valence-electron chi connectivity index (χ4n) is 4.52. The number of fused-ring (bicyclic) bond motifs is 1. The molecule has 1 aromatic heterocycles. The number of hydrogen-bond acceptors (Lipinski definition) is 5. The van der Waals surface area contributed by atoms with E-state index in [4.69, 9.17) is 9.15 Å². The van der Waals surface area contributed by atoms with Crippen LogP contribution in [0.1, 0.15) is 57.9 Å². The molecule has 2 heterocycles. The van der Waals surface area contributed by atoms with Gasteiger partial charge < -0.3 is 19.4 Å². The number of methoxy groups -OCH3 is 1. The van der Waals surface area contributed by atoms with Crippen molar-refractivity contribution in [1.82, 2.24) is 10.2 Å². The second kappa shape index (κ2) is 7.11. The van der Waals surface area contributed by atoms with E-state index in [2.05, 4.69) is 5.32 Å². The van der Waals surface area contributed by atoms with Gasteiger partial charge in [0.05, 0.1) is 17.2 Å². The lowest BCUT2D eigenvalue weighted by Gasteiger charge is -2.19. The SMILES string of the molecule is COCC(=O)N1C[C@H](NC(=O)c2c(C)oc3c2C(=O)CCC3)[C@@H](C2CC2)C1. The molecule has 2 amide bonds. The molecule has 146 valence electrons.